The minimum Gasteiger partial charge on any atom is -0.392 e. The molecule has 1 aromatic carbocycles. The molecule has 0 amide bonds. The molecule has 1 aliphatic carbocycles. The maximum Gasteiger partial charge on any atom is 0.111 e. The fourth-order valence-corrected chi connectivity index (χ4v) is 2.20. The van der Waals surface area contributed by atoms with Crippen LogP contribution in [0.4, 0.5) is 0 Å². The van der Waals surface area contributed by atoms with Crippen LogP contribution >= 0.6 is 0 Å². The van der Waals surface area contributed by atoms with Crippen LogP contribution < -0.4 is 5.32 Å². The van der Waals surface area contributed by atoms with E-state index in [2.05, 4.69) is 5.32 Å². The number of aliphatic hydroxyl groups is 4. The van der Waals surface area contributed by atoms with Gasteiger partial charge in [0.1, 0.15) is 18.3 Å². The summed E-state index contributed by atoms with van der Waals surface area (Å²) in [5.41, 5.74) is 1.37. The van der Waals surface area contributed by atoms with Crippen LogP contribution in [-0.4, -0.2) is 51.4 Å². The number of aliphatic hydroxyl groups excluding tert-OH is 4. The fourth-order valence-electron chi connectivity index (χ4n) is 2.20. The predicted molar refractivity (Wildman–Crippen MR) is 70.3 cm³/mol. The fraction of sp³-hybridized carbons (Fsp3) is 0.429. The monoisotopic (exact) mass is 265 g/mol. The molecule has 4 unspecified atom stereocenters. The van der Waals surface area contributed by atoms with Gasteiger partial charge in [0.25, 0.3) is 0 Å². The van der Waals surface area contributed by atoms with Crippen molar-refractivity contribution in [3.63, 3.8) is 0 Å². The second-order valence-corrected chi connectivity index (χ2v) is 4.72. The lowest BCUT2D eigenvalue weighted by atomic mass is 9.88. The Kier molecular flexibility index (Phi) is 4.68. The molecule has 0 aromatic heterocycles. The first kappa shape index (κ1) is 14.2. The van der Waals surface area contributed by atoms with Crippen molar-refractivity contribution < 1.29 is 20.4 Å². The van der Waals surface area contributed by atoms with Gasteiger partial charge in [-0.05, 0) is 11.1 Å². The summed E-state index contributed by atoms with van der Waals surface area (Å²) in [4.78, 5) is 0. The van der Waals surface area contributed by atoms with E-state index in [4.69, 9.17) is 5.11 Å². The molecule has 0 heterocycles. The molecule has 5 nitrogen and oxygen atoms in total. The van der Waals surface area contributed by atoms with Gasteiger partial charge in [-0.25, -0.2) is 0 Å². The zero-order valence-electron chi connectivity index (χ0n) is 10.5. The Balaban J connectivity index is 2.04. The van der Waals surface area contributed by atoms with Gasteiger partial charge < -0.3 is 25.7 Å². The van der Waals surface area contributed by atoms with Crippen molar-refractivity contribution in [3.8, 4) is 0 Å². The van der Waals surface area contributed by atoms with E-state index in [1.54, 1.807) is 6.08 Å². The minimum absolute atomic E-state index is 0.323. The Labute approximate surface area is 111 Å². The zero-order chi connectivity index (χ0) is 13.8. The topological polar surface area (TPSA) is 93.0 Å². The van der Waals surface area contributed by atoms with Crippen LogP contribution in [0.25, 0.3) is 0 Å². The molecule has 5 heteroatoms. The average Bonchev–Trinajstić information content (AvgIpc) is 2.45. The summed E-state index contributed by atoms with van der Waals surface area (Å²) in [6, 6.07) is 9.15. The van der Waals surface area contributed by atoms with E-state index in [0.29, 0.717) is 12.1 Å². The van der Waals surface area contributed by atoms with Gasteiger partial charge in [-0.15, -0.1) is 0 Å². The highest BCUT2D eigenvalue weighted by Crippen LogP contribution is 2.20. The van der Waals surface area contributed by atoms with Gasteiger partial charge in [0.2, 0.25) is 0 Å². The van der Waals surface area contributed by atoms with Crippen molar-refractivity contribution in [1.82, 2.24) is 5.32 Å². The summed E-state index contributed by atoms with van der Waals surface area (Å²) in [6.45, 7) is 0.190. The maximum atomic E-state index is 9.90. The molecular weight excluding hydrogens is 246 g/mol. The molecule has 1 aliphatic rings. The zero-order valence-corrected chi connectivity index (χ0v) is 10.5. The Morgan fingerprint density at radius 3 is 2.32 bits per heavy atom. The maximum absolute atomic E-state index is 9.90. The number of benzene rings is 1. The van der Waals surface area contributed by atoms with Crippen LogP contribution in [0.2, 0.25) is 0 Å². The van der Waals surface area contributed by atoms with E-state index in [-0.39, 0.29) is 6.61 Å². The number of nitrogens with one attached hydrogen (secondary N) is 1. The molecule has 1 aromatic rings. The van der Waals surface area contributed by atoms with Crippen LogP contribution in [-0.2, 0) is 6.54 Å². The number of hydrogen-bond acceptors (Lipinski definition) is 5. The Morgan fingerprint density at radius 1 is 1.00 bits per heavy atom. The molecule has 0 radical (unpaired) electrons. The van der Waals surface area contributed by atoms with Crippen molar-refractivity contribution in [2.75, 3.05) is 6.61 Å². The lowest BCUT2D eigenvalue weighted by Crippen LogP contribution is -2.53. The summed E-state index contributed by atoms with van der Waals surface area (Å²) in [5.74, 6) is 0. The van der Waals surface area contributed by atoms with Crippen molar-refractivity contribution in [1.29, 1.82) is 0 Å². The van der Waals surface area contributed by atoms with Crippen LogP contribution in [0.3, 0.4) is 0 Å². The van der Waals surface area contributed by atoms with Gasteiger partial charge in [0.05, 0.1) is 12.6 Å². The summed E-state index contributed by atoms with van der Waals surface area (Å²) in [6.07, 6.45) is -2.03. The molecular formula is C14H19NO4. The van der Waals surface area contributed by atoms with Gasteiger partial charge in [0.15, 0.2) is 0 Å². The number of rotatable bonds is 4. The van der Waals surface area contributed by atoms with Crippen LogP contribution in [0.5, 0.6) is 0 Å². The van der Waals surface area contributed by atoms with Crippen LogP contribution in [0, 0.1) is 0 Å². The SMILES string of the molecule is OCC1=CC(NCc2ccccc2)C(O)C(O)C1O. The Hall–Kier alpha value is -1.24. The van der Waals surface area contributed by atoms with Gasteiger partial charge in [-0.1, -0.05) is 36.4 Å². The normalized spacial score (nSPS) is 31.1. The van der Waals surface area contributed by atoms with E-state index < -0.39 is 24.4 Å². The molecule has 19 heavy (non-hydrogen) atoms. The van der Waals surface area contributed by atoms with E-state index in [9.17, 15) is 15.3 Å². The van der Waals surface area contributed by atoms with E-state index in [0.717, 1.165) is 5.56 Å². The highest BCUT2D eigenvalue weighted by Gasteiger charge is 2.36. The second kappa shape index (κ2) is 6.27. The lowest BCUT2D eigenvalue weighted by Gasteiger charge is -2.34. The molecule has 4 atom stereocenters. The molecule has 0 saturated carbocycles. The van der Waals surface area contributed by atoms with Crippen LogP contribution in [0.15, 0.2) is 42.0 Å². The van der Waals surface area contributed by atoms with Gasteiger partial charge in [-0.2, -0.15) is 0 Å². The summed E-state index contributed by atoms with van der Waals surface area (Å²) in [7, 11) is 0. The highest BCUT2D eigenvalue weighted by molar-refractivity contribution is 5.22. The third-order valence-corrected chi connectivity index (χ3v) is 3.38. The quantitative estimate of drug-likeness (QED) is 0.458. The molecule has 104 valence electrons. The highest BCUT2D eigenvalue weighted by atomic mass is 16.4. The Morgan fingerprint density at radius 2 is 1.68 bits per heavy atom. The second-order valence-electron chi connectivity index (χ2n) is 4.72. The summed E-state index contributed by atoms with van der Waals surface area (Å²) < 4.78 is 0. The molecule has 5 N–H and O–H groups in total. The molecule has 0 spiro atoms. The lowest BCUT2D eigenvalue weighted by molar-refractivity contribution is -0.0643. The molecule has 0 fully saturated rings. The standard InChI is InChI=1S/C14H19NO4/c16-8-10-6-11(13(18)14(19)12(10)17)15-7-9-4-2-1-3-5-9/h1-6,11-19H,7-8H2. The van der Waals surface area contributed by atoms with E-state index in [1.807, 2.05) is 30.3 Å². The molecule has 0 aliphatic heterocycles. The largest absolute Gasteiger partial charge is 0.392 e. The Bertz CT molecular complexity index is 434. The average molecular weight is 265 g/mol. The van der Waals surface area contributed by atoms with Crippen molar-refractivity contribution in [3.05, 3.63) is 47.5 Å². The first-order valence-electron chi connectivity index (χ1n) is 6.26. The predicted octanol–water partition coefficient (Wildman–Crippen LogP) is -0.840. The smallest absolute Gasteiger partial charge is 0.111 e. The van der Waals surface area contributed by atoms with Gasteiger partial charge in [0, 0.05) is 6.54 Å². The summed E-state index contributed by atoms with van der Waals surface area (Å²) >= 11 is 0. The minimum atomic E-state index is -1.29. The van der Waals surface area contributed by atoms with Crippen molar-refractivity contribution in [2.24, 2.45) is 0 Å². The molecule has 2 rings (SSSR count). The summed E-state index contributed by atoms with van der Waals surface area (Å²) in [5, 5.41) is 41.5. The first-order chi connectivity index (χ1) is 9.13. The van der Waals surface area contributed by atoms with Crippen molar-refractivity contribution in [2.45, 2.75) is 30.9 Å². The van der Waals surface area contributed by atoms with E-state index in [1.165, 1.54) is 0 Å². The third-order valence-electron chi connectivity index (χ3n) is 3.38. The molecule has 0 saturated heterocycles. The third kappa shape index (κ3) is 3.20. The first-order valence-corrected chi connectivity index (χ1v) is 6.26. The molecule has 0 bridgehead atoms. The van der Waals surface area contributed by atoms with Gasteiger partial charge >= 0.3 is 0 Å². The number of hydrogen-bond donors (Lipinski definition) is 5. The van der Waals surface area contributed by atoms with E-state index >= 15 is 0 Å². The van der Waals surface area contributed by atoms with Crippen LogP contribution in [0.1, 0.15) is 5.56 Å². The van der Waals surface area contributed by atoms with Gasteiger partial charge in [-0.3, -0.25) is 0 Å². The van der Waals surface area contributed by atoms with Crippen molar-refractivity contribution >= 4 is 0 Å².